The number of benzene rings is 1. The quantitative estimate of drug-likeness (QED) is 0.721. The molecule has 1 heterocycles. The van der Waals surface area contributed by atoms with Gasteiger partial charge in [-0.2, -0.15) is 0 Å². The van der Waals surface area contributed by atoms with Gasteiger partial charge in [-0.05, 0) is 25.7 Å². The monoisotopic (exact) mass is 292 g/mol. The highest BCUT2D eigenvalue weighted by Crippen LogP contribution is 2.41. The molecule has 3 N–H and O–H groups in total. The number of fused-ring (bicyclic) bond motifs is 1. The molecule has 5 nitrogen and oxygen atoms in total. The zero-order valence-corrected chi connectivity index (χ0v) is 12.0. The Hall–Kier alpha value is -1.72. The van der Waals surface area contributed by atoms with Crippen molar-refractivity contribution >= 4 is 0 Å². The lowest BCUT2D eigenvalue weighted by atomic mass is 9.81. The average Bonchev–Trinajstić information content (AvgIpc) is 2.49. The molecule has 1 aliphatic carbocycles. The van der Waals surface area contributed by atoms with Crippen molar-refractivity contribution in [1.29, 1.82) is 0 Å². The van der Waals surface area contributed by atoms with Crippen molar-refractivity contribution in [3.8, 4) is 17.2 Å². The van der Waals surface area contributed by atoms with Gasteiger partial charge in [-0.15, -0.1) is 0 Å². The van der Waals surface area contributed by atoms with Gasteiger partial charge in [0.2, 0.25) is 0 Å². The van der Waals surface area contributed by atoms with E-state index in [1.54, 1.807) is 24.3 Å². The van der Waals surface area contributed by atoms with Gasteiger partial charge in [0.1, 0.15) is 29.0 Å². The fourth-order valence-electron chi connectivity index (χ4n) is 3.02. The summed E-state index contributed by atoms with van der Waals surface area (Å²) in [6.45, 7) is 0. The van der Waals surface area contributed by atoms with Crippen LogP contribution in [0.25, 0.3) is 0 Å². The van der Waals surface area contributed by atoms with E-state index in [-0.39, 0.29) is 11.9 Å². The third-order valence-corrected chi connectivity index (χ3v) is 4.33. The minimum absolute atomic E-state index is 0.157. The number of methoxy groups -OCH3 is 1. The van der Waals surface area contributed by atoms with Gasteiger partial charge >= 0.3 is 0 Å². The van der Waals surface area contributed by atoms with Gasteiger partial charge in [0.15, 0.2) is 0 Å². The van der Waals surface area contributed by atoms with Gasteiger partial charge < -0.3 is 24.8 Å². The fraction of sp³-hybridized carbons (Fsp3) is 0.500. The fourth-order valence-corrected chi connectivity index (χ4v) is 3.02. The molecule has 1 unspecified atom stereocenters. The van der Waals surface area contributed by atoms with E-state index >= 15 is 0 Å². The van der Waals surface area contributed by atoms with Crippen LogP contribution in [0.2, 0.25) is 0 Å². The van der Waals surface area contributed by atoms with Crippen LogP contribution in [-0.4, -0.2) is 40.2 Å². The van der Waals surface area contributed by atoms with Crippen molar-refractivity contribution in [2.24, 2.45) is 0 Å². The third-order valence-electron chi connectivity index (χ3n) is 4.33. The van der Waals surface area contributed by atoms with E-state index in [1.807, 2.05) is 0 Å². The molecule has 0 saturated carbocycles. The van der Waals surface area contributed by atoms with Gasteiger partial charge in [0.05, 0.1) is 13.2 Å². The van der Waals surface area contributed by atoms with E-state index in [9.17, 15) is 15.3 Å². The van der Waals surface area contributed by atoms with Gasteiger partial charge in [0, 0.05) is 17.7 Å². The maximum absolute atomic E-state index is 10.7. The summed E-state index contributed by atoms with van der Waals surface area (Å²) in [5.41, 5.74) is -0.328. The summed E-state index contributed by atoms with van der Waals surface area (Å²) in [5, 5.41) is 30.2. The first-order chi connectivity index (χ1) is 10.0. The molecule has 0 spiro atoms. The topological polar surface area (TPSA) is 79.2 Å². The number of phenols is 1. The number of rotatable bonds is 2. The van der Waals surface area contributed by atoms with Crippen LogP contribution in [0.5, 0.6) is 17.2 Å². The number of ether oxygens (including phenoxy) is 2. The molecule has 1 aliphatic heterocycles. The molecule has 3 atom stereocenters. The molecule has 0 amide bonds. The van der Waals surface area contributed by atoms with Crippen LogP contribution >= 0.6 is 0 Å². The minimum Gasteiger partial charge on any atom is -0.507 e. The third kappa shape index (κ3) is 2.59. The highest BCUT2D eigenvalue weighted by atomic mass is 16.5. The Morgan fingerprint density at radius 1 is 1.33 bits per heavy atom. The average molecular weight is 292 g/mol. The Morgan fingerprint density at radius 2 is 2.14 bits per heavy atom. The molecule has 3 rings (SSSR count). The zero-order chi connectivity index (χ0) is 15.0. The maximum Gasteiger partial charge on any atom is 0.131 e. The molecule has 114 valence electrons. The minimum atomic E-state index is -1.07. The lowest BCUT2D eigenvalue weighted by Gasteiger charge is -2.39. The van der Waals surface area contributed by atoms with E-state index in [1.165, 1.54) is 7.11 Å². The van der Waals surface area contributed by atoms with E-state index in [4.69, 9.17) is 9.47 Å². The predicted molar refractivity (Wildman–Crippen MR) is 76.7 cm³/mol. The van der Waals surface area contributed by atoms with E-state index < -0.39 is 11.7 Å². The Bertz CT molecular complexity index is 568. The summed E-state index contributed by atoms with van der Waals surface area (Å²) >= 11 is 0. The molecule has 2 aliphatic rings. The van der Waals surface area contributed by atoms with Crippen molar-refractivity contribution in [2.75, 3.05) is 7.11 Å². The molecule has 1 aromatic rings. The van der Waals surface area contributed by atoms with Crippen molar-refractivity contribution in [1.82, 2.24) is 0 Å². The van der Waals surface area contributed by atoms with E-state index in [2.05, 4.69) is 0 Å². The summed E-state index contributed by atoms with van der Waals surface area (Å²) in [5.74, 6) is 1.23. The summed E-state index contributed by atoms with van der Waals surface area (Å²) < 4.78 is 11.0. The SMILES string of the molecule is COc1cc(O)c2c(c1)OC([C@@]1(O)C=C[C@@H](O)CC1)CC2. The van der Waals surface area contributed by atoms with Gasteiger partial charge in [-0.3, -0.25) is 0 Å². The number of aromatic hydroxyl groups is 1. The van der Waals surface area contributed by atoms with Crippen LogP contribution in [0.1, 0.15) is 24.8 Å². The predicted octanol–water partition coefficient (Wildman–Crippen LogP) is 1.54. The molecule has 0 aromatic heterocycles. The second kappa shape index (κ2) is 5.24. The second-order valence-electron chi connectivity index (χ2n) is 5.72. The molecule has 0 radical (unpaired) electrons. The van der Waals surface area contributed by atoms with Gasteiger partial charge in [-0.25, -0.2) is 0 Å². The molecule has 0 saturated heterocycles. The van der Waals surface area contributed by atoms with Gasteiger partial charge in [0.25, 0.3) is 0 Å². The molecule has 0 fully saturated rings. The van der Waals surface area contributed by atoms with E-state index in [0.29, 0.717) is 37.2 Å². The van der Waals surface area contributed by atoms with Crippen molar-refractivity contribution in [2.45, 2.75) is 43.5 Å². The Kier molecular flexibility index (Phi) is 3.55. The number of hydrogen-bond donors (Lipinski definition) is 3. The van der Waals surface area contributed by atoms with Crippen LogP contribution in [0.3, 0.4) is 0 Å². The molecule has 0 bridgehead atoms. The summed E-state index contributed by atoms with van der Waals surface area (Å²) in [4.78, 5) is 0. The largest absolute Gasteiger partial charge is 0.507 e. The first-order valence-corrected chi connectivity index (χ1v) is 7.18. The molecule has 21 heavy (non-hydrogen) atoms. The first-order valence-electron chi connectivity index (χ1n) is 7.18. The number of hydrogen-bond acceptors (Lipinski definition) is 5. The van der Waals surface area contributed by atoms with Crippen LogP contribution in [-0.2, 0) is 6.42 Å². The van der Waals surface area contributed by atoms with Crippen LogP contribution < -0.4 is 9.47 Å². The highest BCUT2D eigenvalue weighted by Gasteiger charge is 2.40. The number of phenolic OH excluding ortho intramolecular Hbond substituents is 1. The second-order valence-corrected chi connectivity index (χ2v) is 5.72. The van der Waals surface area contributed by atoms with Crippen molar-refractivity contribution < 1.29 is 24.8 Å². The summed E-state index contributed by atoms with van der Waals surface area (Å²) in [7, 11) is 1.53. The molecular formula is C16H20O5. The Morgan fingerprint density at radius 3 is 2.81 bits per heavy atom. The van der Waals surface area contributed by atoms with E-state index in [0.717, 1.165) is 5.56 Å². The van der Waals surface area contributed by atoms with Crippen molar-refractivity contribution in [3.05, 3.63) is 29.8 Å². The molecule has 5 heteroatoms. The van der Waals surface area contributed by atoms with Gasteiger partial charge in [-0.1, -0.05) is 12.2 Å². The normalized spacial score (nSPS) is 31.4. The number of aliphatic hydroxyl groups is 2. The van der Waals surface area contributed by atoms with Crippen LogP contribution in [0, 0.1) is 0 Å². The Labute approximate surface area is 123 Å². The highest BCUT2D eigenvalue weighted by molar-refractivity contribution is 5.51. The van der Waals surface area contributed by atoms with Crippen LogP contribution in [0.15, 0.2) is 24.3 Å². The lowest BCUT2D eigenvalue weighted by Crippen LogP contribution is -2.48. The first kappa shape index (κ1) is 14.2. The Balaban J connectivity index is 1.87. The number of aliphatic hydroxyl groups excluding tert-OH is 1. The smallest absolute Gasteiger partial charge is 0.131 e. The van der Waals surface area contributed by atoms with Crippen molar-refractivity contribution in [3.63, 3.8) is 0 Å². The van der Waals surface area contributed by atoms with Crippen LogP contribution in [0.4, 0.5) is 0 Å². The maximum atomic E-state index is 10.7. The molecule has 1 aromatic carbocycles. The standard InChI is InChI=1S/C16H20O5/c1-20-11-8-13(18)12-2-3-15(21-14(12)9-11)16(19)6-4-10(17)5-7-16/h4,6,8-10,15,17-19H,2-3,5,7H2,1H3/t10-,15?,16-/m1/s1. The summed E-state index contributed by atoms with van der Waals surface area (Å²) in [6.07, 6.45) is 4.59. The lowest BCUT2D eigenvalue weighted by molar-refractivity contribution is -0.0509. The zero-order valence-electron chi connectivity index (χ0n) is 12.0. The molecular weight excluding hydrogens is 272 g/mol. The summed E-state index contributed by atoms with van der Waals surface area (Å²) in [6, 6.07) is 3.29.